The number of hydrogen-bond acceptors (Lipinski definition) is 4. The lowest BCUT2D eigenvalue weighted by molar-refractivity contribution is -0.141. The second kappa shape index (κ2) is 6.77. The van der Waals surface area contributed by atoms with Gasteiger partial charge in [-0.05, 0) is 0 Å². The zero-order valence-corrected chi connectivity index (χ0v) is 8.66. The summed E-state index contributed by atoms with van der Waals surface area (Å²) in [5, 5.41) is 15.9. The van der Waals surface area contributed by atoms with Crippen molar-refractivity contribution in [3.63, 3.8) is 0 Å². The summed E-state index contributed by atoms with van der Waals surface area (Å²) in [6.07, 6.45) is 0. The summed E-state index contributed by atoms with van der Waals surface area (Å²) in [5.41, 5.74) is 0. The van der Waals surface area contributed by atoms with E-state index in [1.165, 1.54) is 14.0 Å². The highest BCUT2D eigenvalue weighted by molar-refractivity contribution is 5.82. The fourth-order valence-electron chi connectivity index (χ4n) is 0.864. The van der Waals surface area contributed by atoms with Crippen molar-refractivity contribution in [2.75, 3.05) is 20.1 Å². The summed E-state index contributed by atoms with van der Waals surface area (Å²) < 4.78 is 0. The van der Waals surface area contributed by atoms with Crippen molar-refractivity contribution in [1.82, 2.24) is 16.0 Å². The average Bonchev–Trinajstić information content (AvgIpc) is 2.15. The van der Waals surface area contributed by atoms with Gasteiger partial charge in [-0.15, -0.1) is 0 Å². The summed E-state index contributed by atoms with van der Waals surface area (Å²) in [6, 6.07) is -1.02. The van der Waals surface area contributed by atoms with Gasteiger partial charge < -0.3 is 21.1 Å². The first-order chi connectivity index (χ1) is 6.97. The van der Waals surface area contributed by atoms with Crippen LogP contribution >= 0.6 is 0 Å². The van der Waals surface area contributed by atoms with Crippen molar-refractivity contribution < 1.29 is 19.5 Å². The van der Waals surface area contributed by atoms with Crippen molar-refractivity contribution in [2.45, 2.75) is 13.0 Å². The quantitative estimate of drug-likeness (QED) is 0.408. The lowest BCUT2D eigenvalue weighted by Gasteiger charge is -2.13. The molecule has 0 spiro atoms. The zero-order chi connectivity index (χ0) is 11.8. The molecule has 2 amide bonds. The van der Waals surface area contributed by atoms with Crippen LogP contribution in [0.15, 0.2) is 0 Å². The molecule has 0 aromatic carbocycles. The van der Waals surface area contributed by atoms with Crippen LogP contribution in [-0.4, -0.2) is 49.1 Å². The molecule has 15 heavy (non-hydrogen) atoms. The molecule has 0 saturated heterocycles. The van der Waals surface area contributed by atoms with Gasteiger partial charge >= 0.3 is 5.97 Å². The van der Waals surface area contributed by atoms with Gasteiger partial charge in [-0.3, -0.25) is 9.59 Å². The average molecular weight is 217 g/mol. The predicted octanol–water partition coefficient (Wildman–Crippen LogP) is -2.09. The van der Waals surface area contributed by atoms with Crippen LogP contribution in [0.2, 0.25) is 0 Å². The Bertz CT molecular complexity index is 254. The molecule has 0 aliphatic carbocycles. The Labute approximate surface area is 87.2 Å². The highest BCUT2D eigenvalue weighted by Gasteiger charge is 2.17. The van der Waals surface area contributed by atoms with E-state index in [0.29, 0.717) is 0 Å². The van der Waals surface area contributed by atoms with Crippen molar-refractivity contribution in [3.8, 4) is 0 Å². The topological polar surface area (TPSA) is 108 Å². The zero-order valence-electron chi connectivity index (χ0n) is 8.66. The lowest BCUT2D eigenvalue weighted by Crippen LogP contribution is -2.48. The summed E-state index contributed by atoms with van der Waals surface area (Å²) >= 11 is 0. The molecule has 7 nitrogen and oxygen atoms in total. The first-order valence-corrected chi connectivity index (χ1v) is 4.38. The lowest BCUT2D eigenvalue weighted by atomic mass is 10.3. The first-order valence-electron chi connectivity index (χ1n) is 4.38. The minimum atomic E-state index is -1.14. The SMILES string of the molecule is CNC(=O)CNCC(NC(C)=O)C(=O)O. The number of carbonyl (C=O) groups is 3. The summed E-state index contributed by atoms with van der Waals surface area (Å²) in [5.74, 6) is -1.82. The molecule has 0 rings (SSSR count). The van der Waals surface area contributed by atoms with Crippen LogP contribution in [0.1, 0.15) is 6.92 Å². The highest BCUT2D eigenvalue weighted by atomic mass is 16.4. The van der Waals surface area contributed by atoms with Gasteiger partial charge in [0.15, 0.2) is 0 Å². The molecule has 86 valence electrons. The van der Waals surface area contributed by atoms with E-state index in [2.05, 4.69) is 16.0 Å². The van der Waals surface area contributed by atoms with E-state index < -0.39 is 17.9 Å². The number of likely N-dealkylation sites (N-methyl/N-ethyl adjacent to an activating group) is 1. The molecule has 4 N–H and O–H groups in total. The summed E-state index contributed by atoms with van der Waals surface area (Å²) in [4.78, 5) is 32.0. The number of amides is 2. The summed E-state index contributed by atoms with van der Waals surface area (Å²) in [6.45, 7) is 1.25. The van der Waals surface area contributed by atoms with Gasteiger partial charge in [-0.1, -0.05) is 0 Å². The number of carboxylic acids is 1. The molecule has 0 aliphatic heterocycles. The number of carboxylic acid groups (broad SMARTS) is 1. The molecule has 7 heteroatoms. The highest BCUT2D eigenvalue weighted by Crippen LogP contribution is 1.82. The number of aliphatic carboxylic acids is 1. The van der Waals surface area contributed by atoms with Crippen molar-refractivity contribution in [1.29, 1.82) is 0 Å². The molecule has 0 aromatic heterocycles. The van der Waals surface area contributed by atoms with Gasteiger partial charge in [-0.25, -0.2) is 4.79 Å². The minimum absolute atomic E-state index is 0.00231. The maximum absolute atomic E-state index is 10.8. The number of nitrogens with one attached hydrogen (secondary N) is 3. The van der Waals surface area contributed by atoms with E-state index >= 15 is 0 Å². The van der Waals surface area contributed by atoms with Gasteiger partial charge in [0.25, 0.3) is 0 Å². The molecule has 0 bridgehead atoms. The molecule has 0 aliphatic rings. The Morgan fingerprint density at radius 3 is 2.33 bits per heavy atom. The first kappa shape index (κ1) is 13.4. The van der Waals surface area contributed by atoms with Crippen LogP contribution in [0.5, 0.6) is 0 Å². The molecule has 1 atom stereocenters. The van der Waals surface area contributed by atoms with E-state index in [1.807, 2.05) is 0 Å². The van der Waals surface area contributed by atoms with Crippen LogP contribution in [0, 0.1) is 0 Å². The van der Waals surface area contributed by atoms with E-state index in [1.54, 1.807) is 0 Å². The Morgan fingerprint density at radius 2 is 1.93 bits per heavy atom. The Balaban J connectivity index is 3.91. The second-order valence-electron chi connectivity index (χ2n) is 2.90. The van der Waals surface area contributed by atoms with Crippen molar-refractivity contribution >= 4 is 17.8 Å². The molecule has 0 heterocycles. The number of hydrogen-bond donors (Lipinski definition) is 4. The van der Waals surface area contributed by atoms with Crippen LogP contribution in [0.4, 0.5) is 0 Å². The standard InChI is InChI=1S/C8H15N3O4/c1-5(12)11-6(8(14)15)3-10-4-7(13)9-2/h6,10H,3-4H2,1-2H3,(H,9,13)(H,11,12)(H,14,15). The van der Waals surface area contributed by atoms with Gasteiger partial charge in [0, 0.05) is 20.5 Å². The molecule has 0 saturated carbocycles. The third-order valence-electron chi connectivity index (χ3n) is 1.59. The van der Waals surface area contributed by atoms with E-state index in [9.17, 15) is 14.4 Å². The van der Waals surface area contributed by atoms with Gasteiger partial charge in [-0.2, -0.15) is 0 Å². The predicted molar refractivity (Wildman–Crippen MR) is 52.2 cm³/mol. The smallest absolute Gasteiger partial charge is 0.327 e. The Kier molecular flexibility index (Phi) is 6.03. The van der Waals surface area contributed by atoms with Gasteiger partial charge in [0.2, 0.25) is 11.8 Å². The monoisotopic (exact) mass is 217 g/mol. The van der Waals surface area contributed by atoms with Gasteiger partial charge in [0.1, 0.15) is 6.04 Å². The van der Waals surface area contributed by atoms with Crippen LogP contribution < -0.4 is 16.0 Å². The fraction of sp³-hybridized carbons (Fsp3) is 0.625. The number of rotatable bonds is 6. The molecule has 0 radical (unpaired) electrons. The third kappa shape index (κ3) is 6.44. The van der Waals surface area contributed by atoms with Crippen LogP contribution in [-0.2, 0) is 14.4 Å². The fourth-order valence-corrected chi connectivity index (χ4v) is 0.864. The molecule has 0 aromatic rings. The normalized spacial score (nSPS) is 11.6. The maximum atomic E-state index is 10.8. The molecule has 1 unspecified atom stereocenters. The number of carbonyl (C=O) groups excluding carboxylic acids is 2. The maximum Gasteiger partial charge on any atom is 0.327 e. The third-order valence-corrected chi connectivity index (χ3v) is 1.59. The van der Waals surface area contributed by atoms with Crippen LogP contribution in [0.25, 0.3) is 0 Å². The molecular weight excluding hydrogens is 202 g/mol. The van der Waals surface area contributed by atoms with E-state index in [0.717, 1.165) is 0 Å². The van der Waals surface area contributed by atoms with E-state index in [-0.39, 0.29) is 19.0 Å². The largest absolute Gasteiger partial charge is 0.480 e. The van der Waals surface area contributed by atoms with Gasteiger partial charge in [0.05, 0.1) is 6.54 Å². The Hall–Kier alpha value is -1.63. The van der Waals surface area contributed by atoms with Crippen LogP contribution in [0.3, 0.4) is 0 Å². The van der Waals surface area contributed by atoms with E-state index in [4.69, 9.17) is 5.11 Å². The molecule has 0 fully saturated rings. The van der Waals surface area contributed by atoms with Crippen molar-refractivity contribution in [3.05, 3.63) is 0 Å². The van der Waals surface area contributed by atoms with Crippen molar-refractivity contribution in [2.24, 2.45) is 0 Å². The second-order valence-corrected chi connectivity index (χ2v) is 2.90. The summed E-state index contributed by atoms with van der Waals surface area (Å²) in [7, 11) is 1.48. The minimum Gasteiger partial charge on any atom is -0.480 e. The Morgan fingerprint density at radius 1 is 1.33 bits per heavy atom. The molecular formula is C8H15N3O4.